The van der Waals surface area contributed by atoms with Crippen molar-refractivity contribution in [1.82, 2.24) is 9.88 Å². The van der Waals surface area contributed by atoms with Crippen LogP contribution in [0.15, 0.2) is 34.0 Å². The van der Waals surface area contributed by atoms with Crippen LogP contribution in [-0.4, -0.2) is 46.4 Å². The van der Waals surface area contributed by atoms with Crippen LogP contribution in [0.5, 0.6) is 0 Å². The number of thiazole rings is 1. The highest BCUT2D eigenvalue weighted by atomic mass is 32.2. The number of hydrogen-bond donors (Lipinski definition) is 2. The normalized spacial score (nSPS) is 10.6. The number of amides is 3. The van der Waals surface area contributed by atoms with Gasteiger partial charge in [0.1, 0.15) is 0 Å². The van der Waals surface area contributed by atoms with Gasteiger partial charge in [-0.1, -0.05) is 38.5 Å². The van der Waals surface area contributed by atoms with Crippen molar-refractivity contribution in [3.8, 4) is 0 Å². The topological polar surface area (TPSA) is 91.4 Å². The molecule has 174 valence electrons. The minimum atomic E-state index is -0.141. The van der Waals surface area contributed by atoms with Crippen LogP contribution in [0.25, 0.3) is 0 Å². The van der Waals surface area contributed by atoms with Gasteiger partial charge in [-0.25, -0.2) is 4.98 Å². The van der Waals surface area contributed by atoms with Crippen LogP contribution in [0, 0.1) is 0 Å². The third kappa shape index (κ3) is 9.40. The molecule has 0 aliphatic heterocycles. The number of thioether (sulfide) groups is 1. The van der Waals surface area contributed by atoms with E-state index in [0.717, 1.165) is 48.8 Å². The smallest absolute Gasteiger partial charge is 0.234 e. The summed E-state index contributed by atoms with van der Waals surface area (Å²) < 4.78 is 0.776. The highest BCUT2D eigenvalue weighted by molar-refractivity contribution is 8.01. The van der Waals surface area contributed by atoms with Gasteiger partial charge in [0.05, 0.1) is 17.9 Å². The highest BCUT2D eigenvalue weighted by Crippen LogP contribution is 2.23. The first-order valence-corrected chi connectivity index (χ1v) is 12.8. The summed E-state index contributed by atoms with van der Waals surface area (Å²) >= 11 is 2.81. The van der Waals surface area contributed by atoms with Gasteiger partial charge in [-0.05, 0) is 37.1 Å². The Morgan fingerprint density at radius 2 is 1.59 bits per heavy atom. The largest absolute Gasteiger partial charge is 0.342 e. The molecule has 0 spiro atoms. The van der Waals surface area contributed by atoms with Gasteiger partial charge in [-0.3, -0.25) is 14.4 Å². The fourth-order valence-electron chi connectivity index (χ4n) is 2.93. The first kappa shape index (κ1) is 25.9. The van der Waals surface area contributed by atoms with Gasteiger partial charge >= 0.3 is 0 Å². The molecule has 0 aliphatic carbocycles. The highest BCUT2D eigenvalue weighted by Gasteiger charge is 2.15. The second kappa shape index (κ2) is 13.9. The van der Waals surface area contributed by atoms with Crippen LogP contribution in [0.3, 0.4) is 0 Å². The second-order valence-electron chi connectivity index (χ2n) is 7.46. The zero-order chi connectivity index (χ0) is 23.3. The van der Waals surface area contributed by atoms with Crippen molar-refractivity contribution in [2.75, 3.05) is 29.5 Å². The van der Waals surface area contributed by atoms with Gasteiger partial charge in [-0.15, -0.1) is 11.3 Å². The molecule has 2 N–H and O–H groups in total. The Bertz CT molecular complexity index is 876. The molecule has 9 heteroatoms. The van der Waals surface area contributed by atoms with Gasteiger partial charge in [0.25, 0.3) is 0 Å². The number of rotatable bonds is 13. The average Bonchev–Trinajstić information content (AvgIpc) is 3.20. The SMILES string of the molecule is CCCCN(CCCC)C(=O)Cc1csc(SCC(=O)Nc2ccc(NC(C)=O)cc2)n1. The van der Waals surface area contributed by atoms with E-state index in [0.29, 0.717) is 17.8 Å². The number of carbonyl (C=O) groups is 3. The summed E-state index contributed by atoms with van der Waals surface area (Å²) in [6, 6.07) is 6.95. The summed E-state index contributed by atoms with van der Waals surface area (Å²) in [7, 11) is 0. The number of nitrogens with zero attached hydrogens (tertiary/aromatic N) is 2. The maximum atomic E-state index is 12.7. The predicted octanol–water partition coefficient (Wildman–Crippen LogP) is 4.80. The van der Waals surface area contributed by atoms with Crippen molar-refractivity contribution in [2.24, 2.45) is 0 Å². The van der Waals surface area contributed by atoms with Gasteiger partial charge in [-0.2, -0.15) is 0 Å². The Kier molecular flexibility index (Phi) is 11.2. The molecule has 7 nitrogen and oxygen atoms in total. The quantitative estimate of drug-likeness (QED) is 0.405. The second-order valence-corrected chi connectivity index (χ2v) is 9.55. The van der Waals surface area contributed by atoms with Gasteiger partial charge in [0.15, 0.2) is 4.34 Å². The van der Waals surface area contributed by atoms with Crippen molar-refractivity contribution in [1.29, 1.82) is 0 Å². The maximum Gasteiger partial charge on any atom is 0.234 e. The van der Waals surface area contributed by atoms with E-state index in [-0.39, 0.29) is 23.5 Å². The Hall–Kier alpha value is -2.39. The predicted molar refractivity (Wildman–Crippen MR) is 132 cm³/mol. The zero-order valence-electron chi connectivity index (χ0n) is 19.0. The summed E-state index contributed by atoms with van der Waals surface area (Å²) in [6.07, 6.45) is 4.46. The van der Waals surface area contributed by atoms with Crippen molar-refractivity contribution < 1.29 is 14.4 Å². The van der Waals surface area contributed by atoms with Gasteiger partial charge < -0.3 is 15.5 Å². The molecule has 0 aliphatic rings. The Labute approximate surface area is 198 Å². The lowest BCUT2D eigenvalue weighted by Gasteiger charge is -2.22. The number of benzene rings is 1. The number of anilines is 2. The standard InChI is InChI=1S/C23H32N4O3S2/c1-4-6-12-27(13-7-5-2)22(30)14-20-15-31-23(26-20)32-16-21(29)25-19-10-8-18(9-11-19)24-17(3)28/h8-11,15H,4-7,12-14,16H2,1-3H3,(H,24,28)(H,25,29). The molecule has 1 aromatic carbocycles. The van der Waals surface area contributed by atoms with E-state index in [2.05, 4.69) is 29.5 Å². The van der Waals surface area contributed by atoms with E-state index < -0.39 is 0 Å². The third-order valence-corrected chi connectivity index (χ3v) is 6.66. The molecule has 3 amide bonds. The Balaban J connectivity index is 1.81. The minimum absolute atomic E-state index is 0.120. The molecule has 1 aromatic heterocycles. The van der Waals surface area contributed by atoms with Crippen molar-refractivity contribution in [3.05, 3.63) is 35.3 Å². The van der Waals surface area contributed by atoms with E-state index in [1.807, 2.05) is 10.3 Å². The molecule has 0 saturated carbocycles. The monoisotopic (exact) mass is 476 g/mol. The number of hydrogen-bond acceptors (Lipinski definition) is 6. The Morgan fingerprint density at radius 1 is 1.00 bits per heavy atom. The molecular weight excluding hydrogens is 444 g/mol. The summed E-state index contributed by atoms with van der Waals surface area (Å²) in [5, 5.41) is 7.41. The van der Waals surface area contributed by atoms with Gasteiger partial charge in [0.2, 0.25) is 17.7 Å². The first-order chi connectivity index (χ1) is 15.4. The molecule has 0 fully saturated rings. The van der Waals surface area contributed by atoms with Crippen LogP contribution in [-0.2, 0) is 20.8 Å². The van der Waals surface area contributed by atoms with E-state index in [1.165, 1.54) is 30.0 Å². The van der Waals surface area contributed by atoms with E-state index >= 15 is 0 Å². The molecule has 0 radical (unpaired) electrons. The van der Waals surface area contributed by atoms with Gasteiger partial charge in [0, 0.05) is 36.8 Å². The van der Waals surface area contributed by atoms with Crippen LogP contribution >= 0.6 is 23.1 Å². The van der Waals surface area contributed by atoms with Crippen LogP contribution in [0.2, 0.25) is 0 Å². The fourth-order valence-corrected chi connectivity index (χ4v) is 4.57. The lowest BCUT2D eigenvalue weighted by atomic mass is 10.2. The van der Waals surface area contributed by atoms with Crippen LogP contribution in [0.1, 0.15) is 52.1 Å². The molecule has 1 heterocycles. The lowest BCUT2D eigenvalue weighted by molar-refractivity contribution is -0.130. The fraction of sp³-hybridized carbons (Fsp3) is 0.478. The third-order valence-electron chi connectivity index (χ3n) is 4.59. The van der Waals surface area contributed by atoms with E-state index in [4.69, 9.17) is 0 Å². The molecule has 0 saturated heterocycles. The summed E-state index contributed by atoms with van der Waals surface area (Å²) in [5.41, 5.74) is 2.10. The van der Waals surface area contributed by atoms with E-state index in [1.54, 1.807) is 24.3 Å². The average molecular weight is 477 g/mol. The molecule has 0 atom stereocenters. The molecule has 2 rings (SSSR count). The number of aromatic nitrogens is 1. The number of nitrogens with one attached hydrogen (secondary N) is 2. The molecular formula is C23H32N4O3S2. The minimum Gasteiger partial charge on any atom is -0.342 e. The van der Waals surface area contributed by atoms with Crippen molar-refractivity contribution in [3.63, 3.8) is 0 Å². The summed E-state index contributed by atoms with van der Waals surface area (Å²) in [6.45, 7) is 7.30. The Morgan fingerprint density at radius 3 is 2.16 bits per heavy atom. The lowest BCUT2D eigenvalue weighted by Crippen LogP contribution is -2.34. The number of carbonyl (C=O) groups excluding carboxylic acids is 3. The van der Waals surface area contributed by atoms with Crippen molar-refractivity contribution in [2.45, 2.75) is 57.2 Å². The zero-order valence-corrected chi connectivity index (χ0v) is 20.6. The van der Waals surface area contributed by atoms with Crippen LogP contribution in [0.4, 0.5) is 11.4 Å². The molecule has 32 heavy (non-hydrogen) atoms. The molecule has 2 aromatic rings. The summed E-state index contributed by atoms with van der Waals surface area (Å²) in [4.78, 5) is 42.5. The molecule has 0 bridgehead atoms. The van der Waals surface area contributed by atoms with Crippen LogP contribution < -0.4 is 10.6 Å². The van der Waals surface area contributed by atoms with E-state index in [9.17, 15) is 14.4 Å². The molecule has 0 unspecified atom stereocenters. The number of unbranched alkanes of at least 4 members (excludes halogenated alkanes) is 2. The first-order valence-electron chi connectivity index (χ1n) is 10.9. The van der Waals surface area contributed by atoms with Crippen molar-refractivity contribution >= 4 is 52.2 Å². The summed E-state index contributed by atoms with van der Waals surface area (Å²) in [5.74, 6) is 0.0694. The maximum absolute atomic E-state index is 12.7.